The van der Waals surface area contributed by atoms with Gasteiger partial charge in [-0.05, 0) is 43.0 Å². The third kappa shape index (κ3) is 4.17. The number of methoxy groups -OCH3 is 1. The van der Waals surface area contributed by atoms with Gasteiger partial charge < -0.3 is 14.6 Å². The number of halogens is 3. The molecule has 0 unspecified atom stereocenters. The number of carbonyl (C=O) groups excluding carboxylic acids is 1. The first-order valence-electron chi connectivity index (χ1n) is 8.51. The van der Waals surface area contributed by atoms with Gasteiger partial charge in [0.25, 0.3) is 0 Å². The van der Waals surface area contributed by atoms with Crippen LogP contribution in [-0.4, -0.2) is 47.8 Å². The number of rotatable bonds is 5. The van der Waals surface area contributed by atoms with Crippen molar-refractivity contribution in [2.45, 2.75) is 37.6 Å². The van der Waals surface area contributed by atoms with E-state index in [2.05, 4.69) is 4.98 Å². The summed E-state index contributed by atoms with van der Waals surface area (Å²) < 4.78 is 44.2. The molecule has 2 N–H and O–H groups in total. The number of nitrogens with zero attached hydrogens (tertiary/aromatic N) is 2. The molecule has 6 nitrogen and oxygen atoms in total. The number of amides is 1. The van der Waals surface area contributed by atoms with Crippen molar-refractivity contribution < 1.29 is 22.7 Å². The lowest BCUT2D eigenvalue weighted by atomic mass is 10.0. The van der Waals surface area contributed by atoms with Gasteiger partial charge in [0.15, 0.2) is 0 Å². The molecule has 0 aliphatic carbocycles. The molecule has 27 heavy (non-hydrogen) atoms. The van der Waals surface area contributed by atoms with Crippen LogP contribution in [0.4, 0.5) is 13.2 Å². The molecule has 2 aromatic rings. The fourth-order valence-electron chi connectivity index (χ4n) is 3.44. The number of fused-ring (bicyclic) bond motifs is 1. The van der Waals surface area contributed by atoms with Gasteiger partial charge in [0.1, 0.15) is 11.8 Å². The Kier molecular flexibility index (Phi) is 5.28. The van der Waals surface area contributed by atoms with Crippen LogP contribution in [0.25, 0.3) is 10.9 Å². The molecule has 0 spiro atoms. The van der Waals surface area contributed by atoms with Gasteiger partial charge in [0.2, 0.25) is 5.91 Å². The summed E-state index contributed by atoms with van der Waals surface area (Å²) in [5.74, 6) is -0.146. The number of nitriles is 1. The smallest absolute Gasteiger partial charge is 0.457 e. The van der Waals surface area contributed by atoms with Crippen molar-refractivity contribution in [3.05, 3.63) is 30.0 Å². The van der Waals surface area contributed by atoms with Crippen molar-refractivity contribution in [1.82, 2.24) is 15.2 Å². The van der Waals surface area contributed by atoms with Crippen molar-refractivity contribution in [2.24, 2.45) is 0 Å². The number of nitrogens with one attached hydrogen (secondary N) is 2. The standard InChI is InChI=1S/C18H19F3N4O2/c1-27-13-4-5-15-14(8-13)11(10-23-15)7-16(24-18(19,20)21)17(26)25-6-2-3-12(25)9-22/h4-5,8,10,12,16,23-24H,2-3,6-7H2,1H3/t12-,16-/m0/s1. The van der Waals surface area contributed by atoms with Crippen molar-refractivity contribution in [3.8, 4) is 11.8 Å². The molecule has 0 saturated carbocycles. The largest absolute Gasteiger partial charge is 0.497 e. The summed E-state index contributed by atoms with van der Waals surface area (Å²) in [5, 5.41) is 11.3. The maximum atomic E-state index is 13.0. The number of alkyl halides is 3. The lowest BCUT2D eigenvalue weighted by molar-refractivity contribution is -0.171. The predicted molar refractivity (Wildman–Crippen MR) is 91.9 cm³/mol. The summed E-state index contributed by atoms with van der Waals surface area (Å²) in [7, 11) is 1.50. The van der Waals surface area contributed by atoms with Crippen LogP contribution in [0.5, 0.6) is 5.75 Å². The average molecular weight is 380 g/mol. The van der Waals surface area contributed by atoms with E-state index >= 15 is 0 Å². The number of ether oxygens (including phenoxy) is 1. The van der Waals surface area contributed by atoms with Crippen LogP contribution >= 0.6 is 0 Å². The van der Waals surface area contributed by atoms with Crippen LogP contribution in [0.1, 0.15) is 18.4 Å². The van der Waals surface area contributed by atoms with E-state index < -0.39 is 24.3 Å². The molecule has 1 aliphatic heterocycles. The Morgan fingerprint density at radius 3 is 2.96 bits per heavy atom. The highest BCUT2D eigenvalue weighted by molar-refractivity contribution is 5.87. The van der Waals surface area contributed by atoms with Crippen LogP contribution < -0.4 is 10.1 Å². The molecular weight excluding hydrogens is 361 g/mol. The normalized spacial score (nSPS) is 18.5. The summed E-state index contributed by atoms with van der Waals surface area (Å²) >= 11 is 0. The van der Waals surface area contributed by atoms with E-state index in [1.165, 1.54) is 17.3 Å². The molecule has 3 rings (SSSR count). The Hall–Kier alpha value is -2.73. The zero-order chi connectivity index (χ0) is 19.6. The van der Waals surface area contributed by atoms with Gasteiger partial charge >= 0.3 is 6.30 Å². The van der Waals surface area contributed by atoms with Crippen molar-refractivity contribution in [2.75, 3.05) is 13.7 Å². The van der Waals surface area contributed by atoms with Crippen LogP contribution in [0.15, 0.2) is 24.4 Å². The molecule has 2 heterocycles. The van der Waals surface area contributed by atoms with Crippen molar-refractivity contribution in [1.29, 1.82) is 5.26 Å². The first-order chi connectivity index (χ1) is 12.8. The molecule has 144 valence electrons. The summed E-state index contributed by atoms with van der Waals surface area (Å²) in [6, 6.07) is 5.01. The predicted octanol–water partition coefficient (Wildman–Crippen LogP) is 2.71. The topological polar surface area (TPSA) is 81.2 Å². The van der Waals surface area contributed by atoms with Gasteiger partial charge in [0.05, 0.1) is 19.2 Å². The molecule has 1 aliphatic rings. The molecule has 1 amide bonds. The molecular formula is C18H19F3N4O2. The second-order valence-corrected chi connectivity index (χ2v) is 6.44. The minimum atomic E-state index is -4.72. The first kappa shape index (κ1) is 19.0. The zero-order valence-corrected chi connectivity index (χ0v) is 14.6. The third-order valence-electron chi connectivity index (χ3n) is 4.72. The van der Waals surface area contributed by atoms with Gasteiger partial charge in [-0.1, -0.05) is 0 Å². The zero-order valence-electron chi connectivity index (χ0n) is 14.6. The van der Waals surface area contributed by atoms with Crippen LogP contribution in [-0.2, 0) is 11.2 Å². The Bertz CT molecular complexity index is 872. The molecule has 1 aromatic carbocycles. The van der Waals surface area contributed by atoms with E-state index in [0.29, 0.717) is 29.5 Å². The second-order valence-electron chi connectivity index (χ2n) is 6.44. The monoisotopic (exact) mass is 380 g/mol. The average Bonchev–Trinajstić information content (AvgIpc) is 3.25. The van der Waals surface area contributed by atoms with Crippen molar-refractivity contribution in [3.63, 3.8) is 0 Å². The summed E-state index contributed by atoms with van der Waals surface area (Å²) in [5.41, 5.74) is 1.30. The summed E-state index contributed by atoms with van der Waals surface area (Å²) in [6.45, 7) is 0.287. The van der Waals surface area contributed by atoms with E-state index in [4.69, 9.17) is 10.00 Å². The fraction of sp³-hybridized carbons (Fsp3) is 0.444. The van der Waals surface area contributed by atoms with Crippen LogP contribution in [0.3, 0.4) is 0 Å². The Morgan fingerprint density at radius 1 is 1.52 bits per heavy atom. The molecule has 2 atom stereocenters. The molecule has 0 bridgehead atoms. The third-order valence-corrected chi connectivity index (χ3v) is 4.72. The minimum absolute atomic E-state index is 0.167. The number of benzene rings is 1. The number of H-pyrrole nitrogens is 1. The highest BCUT2D eigenvalue weighted by atomic mass is 19.4. The van der Waals surface area contributed by atoms with E-state index in [1.807, 2.05) is 6.07 Å². The summed E-state index contributed by atoms with van der Waals surface area (Å²) in [4.78, 5) is 17.0. The second kappa shape index (κ2) is 7.48. The fourth-order valence-corrected chi connectivity index (χ4v) is 3.44. The van der Waals surface area contributed by atoms with E-state index in [1.54, 1.807) is 24.4 Å². The summed E-state index contributed by atoms with van der Waals surface area (Å²) in [6.07, 6.45) is -2.21. The first-order valence-corrected chi connectivity index (χ1v) is 8.51. The maximum Gasteiger partial charge on any atom is 0.457 e. The molecule has 1 saturated heterocycles. The van der Waals surface area contributed by atoms with Gasteiger partial charge in [-0.25, -0.2) is 5.32 Å². The number of carbonyl (C=O) groups is 1. The van der Waals surface area contributed by atoms with Gasteiger partial charge in [-0.2, -0.15) is 18.4 Å². The Labute approximate surface area is 153 Å². The van der Waals surface area contributed by atoms with E-state index in [0.717, 1.165) is 5.52 Å². The number of aromatic nitrogens is 1. The minimum Gasteiger partial charge on any atom is -0.497 e. The Morgan fingerprint density at radius 2 is 2.30 bits per heavy atom. The number of aromatic amines is 1. The lowest BCUT2D eigenvalue weighted by Crippen LogP contribution is -2.53. The van der Waals surface area contributed by atoms with Crippen LogP contribution in [0, 0.1) is 11.3 Å². The van der Waals surface area contributed by atoms with Gasteiger partial charge in [0, 0.05) is 23.6 Å². The quantitative estimate of drug-likeness (QED) is 0.782. The molecule has 9 heteroatoms. The number of likely N-dealkylation sites (tertiary alicyclic amines) is 1. The van der Waals surface area contributed by atoms with E-state index in [9.17, 15) is 18.0 Å². The van der Waals surface area contributed by atoms with Gasteiger partial charge in [-0.3, -0.25) is 4.79 Å². The SMILES string of the molecule is COc1ccc2[nH]cc(C[C@H](NC(F)(F)F)C(=O)N3CCC[C@H]3C#N)c2c1. The molecule has 1 aromatic heterocycles. The number of hydrogen-bond donors (Lipinski definition) is 2. The highest BCUT2D eigenvalue weighted by Crippen LogP contribution is 2.26. The molecule has 0 radical (unpaired) electrons. The maximum absolute atomic E-state index is 13.0. The van der Waals surface area contributed by atoms with Crippen molar-refractivity contribution >= 4 is 16.8 Å². The van der Waals surface area contributed by atoms with E-state index in [-0.39, 0.29) is 13.0 Å². The lowest BCUT2D eigenvalue weighted by Gasteiger charge is -2.27. The number of hydrogen-bond acceptors (Lipinski definition) is 4. The van der Waals surface area contributed by atoms with Gasteiger partial charge in [-0.15, -0.1) is 0 Å². The molecule has 1 fully saturated rings. The highest BCUT2D eigenvalue weighted by Gasteiger charge is 2.39. The Balaban J connectivity index is 1.90. The van der Waals surface area contributed by atoms with Crippen LogP contribution in [0.2, 0.25) is 0 Å².